The van der Waals surface area contributed by atoms with Gasteiger partial charge in [-0.25, -0.2) is 0 Å². The van der Waals surface area contributed by atoms with Gasteiger partial charge in [-0.1, -0.05) is 12.5 Å². The van der Waals surface area contributed by atoms with Gasteiger partial charge in [-0.2, -0.15) is 0 Å². The second-order valence-corrected chi connectivity index (χ2v) is 8.61. The maximum atomic E-state index is 12.7. The molecular weight excluding hydrogens is 338 g/mol. The predicted octanol–water partition coefficient (Wildman–Crippen LogP) is 4.00. The van der Waals surface area contributed by atoms with Gasteiger partial charge in [-0.05, 0) is 81.9 Å². The normalized spacial score (nSPS) is 25.7. The summed E-state index contributed by atoms with van der Waals surface area (Å²) >= 11 is 0. The highest BCUT2D eigenvalue weighted by Crippen LogP contribution is 2.49. The van der Waals surface area contributed by atoms with Crippen molar-refractivity contribution in [3.8, 4) is 0 Å². The van der Waals surface area contributed by atoms with Crippen molar-refractivity contribution in [3.63, 3.8) is 0 Å². The first-order valence-corrected chi connectivity index (χ1v) is 10.2. The van der Waals surface area contributed by atoms with E-state index in [2.05, 4.69) is 22.9 Å². The Morgan fingerprint density at radius 3 is 2.44 bits per heavy atom. The molecule has 0 spiro atoms. The summed E-state index contributed by atoms with van der Waals surface area (Å²) in [4.78, 5) is 24.2. The van der Waals surface area contributed by atoms with Crippen molar-refractivity contribution in [3.05, 3.63) is 23.3 Å². The standard InChI is InChI=1S/C22H33N3O2/c1-12-6-9-20(13(2)21(12)25-16(5)26)23-15(4)22(27)24-14(3)19-11-17-7-8-18(19)10-17/h6,9,14-15,17-19,23H,7-8,10-11H2,1-5H3,(H,24,27)(H,25,26)/t14-,15+,17-,18-,19+/m0/s1. The molecule has 0 unspecified atom stereocenters. The van der Waals surface area contributed by atoms with Gasteiger partial charge < -0.3 is 16.0 Å². The van der Waals surface area contributed by atoms with Crippen LogP contribution in [-0.4, -0.2) is 23.9 Å². The lowest BCUT2D eigenvalue weighted by Gasteiger charge is -2.29. The molecule has 0 aliphatic heterocycles. The third kappa shape index (κ3) is 4.28. The van der Waals surface area contributed by atoms with Crippen LogP contribution in [0.15, 0.2) is 12.1 Å². The lowest BCUT2D eigenvalue weighted by Crippen LogP contribution is -2.46. The molecular formula is C22H33N3O2. The summed E-state index contributed by atoms with van der Waals surface area (Å²) in [7, 11) is 0. The summed E-state index contributed by atoms with van der Waals surface area (Å²) in [5.74, 6) is 2.26. The summed E-state index contributed by atoms with van der Waals surface area (Å²) in [6, 6.07) is 3.83. The van der Waals surface area contributed by atoms with Gasteiger partial charge >= 0.3 is 0 Å². The zero-order valence-corrected chi connectivity index (χ0v) is 17.2. The molecule has 1 aromatic rings. The van der Waals surface area contributed by atoms with Crippen molar-refractivity contribution in [2.24, 2.45) is 17.8 Å². The molecule has 5 nitrogen and oxygen atoms in total. The fourth-order valence-electron chi connectivity index (χ4n) is 5.03. The first-order valence-electron chi connectivity index (χ1n) is 10.2. The Balaban J connectivity index is 1.62. The predicted molar refractivity (Wildman–Crippen MR) is 110 cm³/mol. The zero-order chi connectivity index (χ0) is 19.7. The van der Waals surface area contributed by atoms with Crippen LogP contribution in [0.1, 0.15) is 57.6 Å². The van der Waals surface area contributed by atoms with E-state index in [4.69, 9.17) is 0 Å². The Morgan fingerprint density at radius 2 is 1.85 bits per heavy atom. The number of nitrogens with one attached hydrogen (secondary N) is 3. The molecule has 2 bridgehead atoms. The molecule has 2 aliphatic rings. The van der Waals surface area contributed by atoms with Crippen LogP contribution in [0, 0.1) is 31.6 Å². The summed E-state index contributed by atoms with van der Waals surface area (Å²) in [5.41, 5.74) is 3.65. The van der Waals surface area contributed by atoms with E-state index in [1.807, 2.05) is 32.9 Å². The summed E-state index contributed by atoms with van der Waals surface area (Å²) < 4.78 is 0. The third-order valence-electron chi connectivity index (χ3n) is 6.54. The maximum Gasteiger partial charge on any atom is 0.242 e. The van der Waals surface area contributed by atoms with Crippen molar-refractivity contribution >= 4 is 23.2 Å². The molecule has 2 aliphatic carbocycles. The fourth-order valence-corrected chi connectivity index (χ4v) is 5.03. The van der Waals surface area contributed by atoms with E-state index < -0.39 is 0 Å². The van der Waals surface area contributed by atoms with Gasteiger partial charge in [0.25, 0.3) is 0 Å². The van der Waals surface area contributed by atoms with Crippen LogP contribution in [0.25, 0.3) is 0 Å². The van der Waals surface area contributed by atoms with E-state index in [1.165, 1.54) is 32.6 Å². The molecule has 1 aromatic carbocycles. The number of rotatable bonds is 6. The SMILES string of the molecule is CC(=O)Nc1c(C)ccc(N[C@H](C)C(=O)N[C@@H](C)[C@H]2C[C@H]3CC[C@H]2C3)c1C. The monoisotopic (exact) mass is 371 g/mol. The van der Waals surface area contributed by atoms with Crippen LogP contribution >= 0.6 is 0 Å². The number of anilines is 2. The number of benzene rings is 1. The van der Waals surface area contributed by atoms with Gasteiger partial charge in [-0.15, -0.1) is 0 Å². The largest absolute Gasteiger partial charge is 0.374 e. The summed E-state index contributed by atoms with van der Waals surface area (Å²) in [6.07, 6.45) is 5.33. The number of carbonyl (C=O) groups is 2. The molecule has 2 saturated carbocycles. The van der Waals surface area contributed by atoms with Crippen LogP contribution < -0.4 is 16.0 Å². The fraction of sp³-hybridized carbons (Fsp3) is 0.636. The van der Waals surface area contributed by atoms with E-state index in [1.54, 1.807) is 0 Å². The Morgan fingerprint density at radius 1 is 1.11 bits per heavy atom. The van der Waals surface area contributed by atoms with Gasteiger partial charge in [0.1, 0.15) is 6.04 Å². The van der Waals surface area contributed by atoms with Crippen LogP contribution in [-0.2, 0) is 9.59 Å². The average Bonchev–Trinajstić information content (AvgIpc) is 3.24. The number of aryl methyl sites for hydroxylation is 1. The lowest BCUT2D eigenvalue weighted by molar-refractivity contribution is -0.122. The molecule has 2 fully saturated rings. The number of hydrogen-bond donors (Lipinski definition) is 3. The molecule has 2 amide bonds. The number of hydrogen-bond acceptors (Lipinski definition) is 3. The average molecular weight is 372 g/mol. The third-order valence-corrected chi connectivity index (χ3v) is 6.54. The van der Waals surface area contributed by atoms with Crippen molar-refractivity contribution < 1.29 is 9.59 Å². The van der Waals surface area contributed by atoms with E-state index in [0.29, 0.717) is 5.92 Å². The zero-order valence-electron chi connectivity index (χ0n) is 17.2. The molecule has 5 heteroatoms. The lowest BCUT2D eigenvalue weighted by atomic mass is 9.84. The second-order valence-electron chi connectivity index (χ2n) is 8.61. The molecule has 3 N–H and O–H groups in total. The number of amides is 2. The molecule has 27 heavy (non-hydrogen) atoms. The Labute approximate surface area is 162 Å². The molecule has 148 valence electrons. The maximum absolute atomic E-state index is 12.7. The highest BCUT2D eigenvalue weighted by Gasteiger charge is 2.42. The molecule has 0 radical (unpaired) electrons. The molecule has 0 heterocycles. The van der Waals surface area contributed by atoms with Gasteiger partial charge in [0.2, 0.25) is 11.8 Å². The smallest absolute Gasteiger partial charge is 0.242 e. The van der Waals surface area contributed by atoms with Crippen molar-refractivity contribution in [2.45, 2.75) is 72.4 Å². The molecule has 3 rings (SSSR count). The van der Waals surface area contributed by atoms with E-state index in [0.717, 1.165) is 34.3 Å². The van der Waals surface area contributed by atoms with Crippen LogP contribution in [0.5, 0.6) is 0 Å². The van der Waals surface area contributed by atoms with Crippen LogP contribution in [0.3, 0.4) is 0 Å². The minimum absolute atomic E-state index is 0.0336. The molecule has 0 saturated heterocycles. The first kappa shape index (κ1) is 19.7. The van der Waals surface area contributed by atoms with Crippen molar-refractivity contribution in [1.82, 2.24) is 5.32 Å². The summed E-state index contributed by atoms with van der Waals surface area (Å²) in [6.45, 7) is 9.48. The highest BCUT2D eigenvalue weighted by molar-refractivity contribution is 5.92. The van der Waals surface area contributed by atoms with E-state index in [9.17, 15) is 9.59 Å². The van der Waals surface area contributed by atoms with E-state index in [-0.39, 0.29) is 23.9 Å². The minimum atomic E-state index is -0.336. The van der Waals surface area contributed by atoms with Crippen molar-refractivity contribution in [1.29, 1.82) is 0 Å². The number of fused-ring (bicyclic) bond motifs is 2. The quantitative estimate of drug-likeness (QED) is 0.708. The van der Waals surface area contributed by atoms with Gasteiger partial charge in [0.15, 0.2) is 0 Å². The van der Waals surface area contributed by atoms with Crippen LogP contribution in [0.4, 0.5) is 11.4 Å². The number of carbonyl (C=O) groups excluding carboxylic acids is 2. The van der Waals surface area contributed by atoms with E-state index >= 15 is 0 Å². The Kier molecular flexibility index (Phi) is 5.78. The van der Waals surface area contributed by atoms with Gasteiger partial charge in [-0.3, -0.25) is 9.59 Å². The Bertz CT molecular complexity index is 731. The minimum Gasteiger partial charge on any atom is -0.374 e. The topological polar surface area (TPSA) is 70.2 Å². The summed E-state index contributed by atoms with van der Waals surface area (Å²) in [5, 5.41) is 9.44. The van der Waals surface area contributed by atoms with Crippen molar-refractivity contribution in [2.75, 3.05) is 10.6 Å². The molecule has 5 atom stereocenters. The first-order chi connectivity index (χ1) is 12.8. The Hall–Kier alpha value is -2.04. The highest BCUT2D eigenvalue weighted by atomic mass is 16.2. The van der Waals surface area contributed by atoms with Crippen LogP contribution in [0.2, 0.25) is 0 Å². The second kappa shape index (κ2) is 7.91. The molecule has 0 aromatic heterocycles. The van der Waals surface area contributed by atoms with Gasteiger partial charge in [0.05, 0.1) is 0 Å². The van der Waals surface area contributed by atoms with Gasteiger partial charge in [0, 0.05) is 24.3 Å².